The highest BCUT2D eigenvalue weighted by Crippen LogP contribution is 2.15. The molecule has 0 radical (unpaired) electrons. The van der Waals surface area contributed by atoms with Gasteiger partial charge >= 0.3 is 0 Å². The number of carbonyl (C=O) groups excluding carboxylic acids is 1. The molecule has 0 amide bonds. The van der Waals surface area contributed by atoms with E-state index in [0.717, 1.165) is 64.2 Å². The van der Waals surface area contributed by atoms with Crippen LogP contribution in [0.1, 0.15) is 149 Å². The summed E-state index contributed by atoms with van der Waals surface area (Å²) in [7, 11) is 0. The third-order valence-corrected chi connectivity index (χ3v) is 6.87. The van der Waals surface area contributed by atoms with Crippen LogP contribution >= 0.6 is 0 Å². The molecule has 0 saturated carbocycles. The van der Waals surface area contributed by atoms with Crippen LogP contribution in [0.25, 0.3) is 0 Å². The second-order valence-corrected chi connectivity index (χ2v) is 10.5. The second kappa shape index (κ2) is 23.3. The third kappa shape index (κ3) is 23.0. The van der Waals surface area contributed by atoms with E-state index >= 15 is 0 Å². The molecule has 4 atom stereocenters. The van der Waals surface area contributed by atoms with Gasteiger partial charge in [0.05, 0.1) is 12.2 Å². The number of hydrogen-bond donors (Lipinski definition) is 4. The summed E-state index contributed by atoms with van der Waals surface area (Å²) in [6.07, 6.45) is 22.9. The first-order chi connectivity index (χ1) is 15.8. The molecular weight excluding hydrogens is 412 g/mol. The zero-order chi connectivity index (χ0) is 24.7. The monoisotopic (exact) mass is 470 g/mol. The Morgan fingerprint density at radius 2 is 0.758 bits per heavy atom. The summed E-state index contributed by atoms with van der Waals surface area (Å²) in [4.78, 5) is 12.0. The van der Waals surface area contributed by atoms with E-state index in [0.29, 0.717) is 5.78 Å². The smallest absolute Gasteiger partial charge is 0.132 e. The van der Waals surface area contributed by atoms with Crippen LogP contribution in [0, 0.1) is 0 Å². The van der Waals surface area contributed by atoms with Crippen molar-refractivity contribution >= 4 is 5.78 Å². The van der Waals surface area contributed by atoms with Crippen LogP contribution in [0.15, 0.2) is 0 Å². The zero-order valence-corrected chi connectivity index (χ0v) is 22.1. The Morgan fingerprint density at radius 3 is 1.03 bits per heavy atom. The fraction of sp³-hybridized carbons (Fsp3) is 0.964. The molecule has 0 unspecified atom stereocenters. The van der Waals surface area contributed by atoms with Gasteiger partial charge in [0.25, 0.3) is 0 Å². The summed E-state index contributed by atoms with van der Waals surface area (Å²) in [5.74, 6) is 0.448. The summed E-state index contributed by atoms with van der Waals surface area (Å²) >= 11 is 0. The van der Waals surface area contributed by atoms with E-state index in [1.54, 1.807) is 0 Å². The first-order valence-corrected chi connectivity index (χ1v) is 14.2. The standard InChI is InChI=1S/C28H58N2O3/c1-24(29)27(32)22-18-14-9-7-5-3-4-6-8-12-16-20-26(31)21-17-13-10-11-15-19-23-28(33)25(2)30/h24-25,27-28,32-33H,3-23,29-30H2,1-2H3/t24-,25-,27-,28-/m1/s1. The van der Waals surface area contributed by atoms with Gasteiger partial charge in [0.2, 0.25) is 0 Å². The minimum atomic E-state index is -0.365. The molecule has 0 aliphatic heterocycles. The molecule has 0 saturated heterocycles. The van der Waals surface area contributed by atoms with Gasteiger partial charge in [-0.3, -0.25) is 4.79 Å². The van der Waals surface area contributed by atoms with Gasteiger partial charge in [-0.15, -0.1) is 0 Å². The molecule has 0 aromatic rings. The molecule has 0 aromatic heterocycles. The molecule has 0 aromatic carbocycles. The lowest BCUT2D eigenvalue weighted by Gasteiger charge is -2.13. The first-order valence-electron chi connectivity index (χ1n) is 14.2. The average molecular weight is 471 g/mol. The molecular formula is C28H58N2O3. The van der Waals surface area contributed by atoms with Crippen molar-refractivity contribution in [2.45, 2.75) is 173 Å². The van der Waals surface area contributed by atoms with Crippen LogP contribution in [-0.4, -0.2) is 40.3 Å². The van der Waals surface area contributed by atoms with Gasteiger partial charge in [0.15, 0.2) is 0 Å². The molecule has 0 fully saturated rings. The van der Waals surface area contributed by atoms with Crippen molar-refractivity contribution in [2.75, 3.05) is 0 Å². The summed E-state index contributed by atoms with van der Waals surface area (Å²) in [5.41, 5.74) is 11.3. The lowest BCUT2D eigenvalue weighted by Crippen LogP contribution is -2.31. The van der Waals surface area contributed by atoms with Crippen molar-refractivity contribution in [3.05, 3.63) is 0 Å². The van der Waals surface area contributed by atoms with E-state index in [1.807, 2.05) is 13.8 Å². The van der Waals surface area contributed by atoms with Gasteiger partial charge in [0.1, 0.15) is 5.78 Å². The topological polar surface area (TPSA) is 110 Å². The largest absolute Gasteiger partial charge is 0.392 e. The van der Waals surface area contributed by atoms with Crippen molar-refractivity contribution < 1.29 is 15.0 Å². The number of carbonyl (C=O) groups is 1. The maximum atomic E-state index is 12.0. The lowest BCUT2D eigenvalue weighted by molar-refractivity contribution is -0.119. The summed E-state index contributed by atoms with van der Waals surface area (Å²) < 4.78 is 0. The van der Waals surface area contributed by atoms with Crippen LogP contribution in [0.3, 0.4) is 0 Å². The van der Waals surface area contributed by atoms with E-state index < -0.39 is 0 Å². The maximum absolute atomic E-state index is 12.0. The van der Waals surface area contributed by atoms with Gasteiger partial charge in [-0.1, -0.05) is 96.3 Å². The van der Waals surface area contributed by atoms with Gasteiger partial charge < -0.3 is 21.7 Å². The molecule has 0 rings (SSSR count). The van der Waals surface area contributed by atoms with E-state index in [4.69, 9.17) is 11.5 Å². The number of rotatable bonds is 25. The number of aliphatic hydroxyl groups excluding tert-OH is 2. The Balaban J connectivity index is 3.24. The van der Waals surface area contributed by atoms with E-state index in [2.05, 4.69) is 0 Å². The molecule has 0 aliphatic carbocycles. The van der Waals surface area contributed by atoms with Crippen molar-refractivity contribution in [1.29, 1.82) is 0 Å². The lowest BCUT2D eigenvalue weighted by atomic mass is 10.0. The highest BCUT2D eigenvalue weighted by atomic mass is 16.3. The first kappa shape index (κ1) is 32.5. The number of Topliss-reactive ketones (excluding diaryl/α,β-unsaturated/α-hetero) is 1. The number of aliphatic hydroxyl groups is 2. The Labute approximate surface area is 205 Å². The Bertz CT molecular complexity index is 429. The molecule has 198 valence electrons. The summed E-state index contributed by atoms with van der Waals surface area (Å²) in [6.45, 7) is 3.72. The molecule has 6 N–H and O–H groups in total. The SMILES string of the molecule is C[C@@H](N)[C@H](O)CCCCCCCCCCCCCC(=O)CCCCCCCC[C@@H](O)[C@@H](C)N. The normalized spacial score (nSPS) is 15.3. The van der Waals surface area contributed by atoms with Gasteiger partial charge in [0, 0.05) is 24.9 Å². The fourth-order valence-electron chi connectivity index (χ4n) is 4.30. The van der Waals surface area contributed by atoms with Crippen LogP contribution < -0.4 is 11.5 Å². The molecule has 5 heteroatoms. The van der Waals surface area contributed by atoms with Crippen LogP contribution in [-0.2, 0) is 4.79 Å². The zero-order valence-electron chi connectivity index (χ0n) is 22.1. The maximum Gasteiger partial charge on any atom is 0.132 e. The molecule has 0 bridgehead atoms. The Hall–Kier alpha value is -0.490. The number of nitrogens with two attached hydrogens (primary N) is 2. The fourth-order valence-corrected chi connectivity index (χ4v) is 4.30. The Kier molecular flexibility index (Phi) is 22.9. The van der Waals surface area contributed by atoms with Gasteiger partial charge in [-0.2, -0.15) is 0 Å². The quantitative estimate of drug-likeness (QED) is 0.119. The predicted molar refractivity (Wildman–Crippen MR) is 141 cm³/mol. The molecule has 0 heterocycles. The van der Waals surface area contributed by atoms with Crippen LogP contribution in [0.2, 0.25) is 0 Å². The number of ketones is 1. The predicted octanol–water partition coefficient (Wildman–Crippen LogP) is 6.16. The van der Waals surface area contributed by atoms with Crippen LogP contribution in [0.4, 0.5) is 0 Å². The van der Waals surface area contributed by atoms with Crippen molar-refractivity contribution in [1.82, 2.24) is 0 Å². The number of hydrogen-bond acceptors (Lipinski definition) is 5. The average Bonchev–Trinajstić information content (AvgIpc) is 2.78. The molecule has 0 aliphatic rings. The molecule has 0 spiro atoms. The van der Waals surface area contributed by atoms with Gasteiger partial charge in [-0.25, -0.2) is 0 Å². The van der Waals surface area contributed by atoms with E-state index in [1.165, 1.54) is 70.6 Å². The second-order valence-electron chi connectivity index (χ2n) is 10.5. The van der Waals surface area contributed by atoms with Crippen LogP contribution in [0.5, 0.6) is 0 Å². The molecule has 33 heavy (non-hydrogen) atoms. The van der Waals surface area contributed by atoms with Crippen molar-refractivity contribution in [2.24, 2.45) is 11.5 Å². The minimum Gasteiger partial charge on any atom is -0.392 e. The number of unbranched alkanes of at least 4 members (excludes halogenated alkanes) is 15. The molecule has 5 nitrogen and oxygen atoms in total. The van der Waals surface area contributed by atoms with E-state index in [9.17, 15) is 15.0 Å². The minimum absolute atomic E-state index is 0.109. The third-order valence-electron chi connectivity index (χ3n) is 6.87. The van der Waals surface area contributed by atoms with E-state index in [-0.39, 0.29) is 24.3 Å². The Morgan fingerprint density at radius 1 is 0.515 bits per heavy atom. The summed E-state index contributed by atoms with van der Waals surface area (Å²) in [5, 5.41) is 19.3. The highest BCUT2D eigenvalue weighted by Gasteiger charge is 2.09. The highest BCUT2D eigenvalue weighted by molar-refractivity contribution is 5.78. The summed E-state index contributed by atoms with van der Waals surface area (Å²) in [6, 6.07) is -0.239. The van der Waals surface area contributed by atoms with Crippen molar-refractivity contribution in [3.63, 3.8) is 0 Å². The van der Waals surface area contributed by atoms with Gasteiger partial charge in [-0.05, 0) is 39.5 Å². The van der Waals surface area contributed by atoms with Crippen molar-refractivity contribution in [3.8, 4) is 0 Å².